The van der Waals surface area contributed by atoms with E-state index in [2.05, 4.69) is 54.4 Å². The van der Waals surface area contributed by atoms with Crippen molar-refractivity contribution >= 4 is 34.1 Å². The van der Waals surface area contributed by atoms with Gasteiger partial charge in [-0.15, -0.1) is 5.10 Å². The molecule has 2 atom stereocenters. The summed E-state index contributed by atoms with van der Waals surface area (Å²) in [5.74, 6) is 0.855. The first-order valence-corrected chi connectivity index (χ1v) is 10.6. The number of carbonyl (C=O) groups excluding carboxylic acids is 1. The molecular formula is C22H25N9O. The zero-order valence-corrected chi connectivity index (χ0v) is 18.5. The smallest absolute Gasteiger partial charge is 0.260 e. The predicted octanol–water partition coefficient (Wildman–Crippen LogP) is 2.12. The van der Waals surface area contributed by atoms with Crippen LogP contribution in [-0.2, 0) is 0 Å². The number of carbonyl (C=O) groups is 1. The van der Waals surface area contributed by atoms with Crippen LogP contribution in [0.1, 0.15) is 35.6 Å². The zero-order valence-electron chi connectivity index (χ0n) is 18.5. The van der Waals surface area contributed by atoms with Crippen molar-refractivity contribution < 1.29 is 4.79 Å². The number of hydrogen-bond donors (Lipinski definition) is 2. The van der Waals surface area contributed by atoms with Crippen LogP contribution < -0.4 is 15.5 Å². The molecule has 0 saturated carbocycles. The van der Waals surface area contributed by atoms with E-state index in [1.54, 1.807) is 29.2 Å². The maximum absolute atomic E-state index is 13.1. The van der Waals surface area contributed by atoms with Crippen LogP contribution in [0.3, 0.4) is 0 Å². The second-order valence-corrected chi connectivity index (χ2v) is 8.40. The van der Waals surface area contributed by atoms with Gasteiger partial charge in [0, 0.05) is 49.8 Å². The van der Waals surface area contributed by atoms with Gasteiger partial charge in [-0.1, -0.05) is 0 Å². The highest BCUT2D eigenvalue weighted by molar-refractivity contribution is 6.12. The molecular weight excluding hydrogens is 406 g/mol. The van der Waals surface area contributed by atoms with Gasteiger partial charge >= 0.3 is 0 Å². The average Bonchev–Trinajstić information content (AvgIpc) is 3.14. The molecule has 1 saturated heterocycles. The summed E-state index contributed by atoms with van der Waals surface area (Å²) < 4.78 is 1.72. The van der Waals surface area contributed by atoms with Crippen LogP contribution in [0.2, 0.25) is 0 Å². The summed E-state index contributed by atoms with van der Waals surface area (Å²) in [5.41, 5.74) is 4.04. The van der Waals surface area contributed by atoms with E-state index in [0.717, 1.165) is 35.8 Å². The van der Waals surface area contributed by atoms with Gasteiger partial charge in [0.15, 0.2) is 11.6 Å². The lowest BCUT2D eigenvalue weighted by Crippen LogP contribution is -2.54. The number of amides is 1. The number of rotatable bonds is 3. The Hall–Kier alpha value is -3.66. The van der Waals surface area contributed by atoms with E-state index < -0.39 is 0 Å². The van der Waals surface area contributed by atoms with E-state index in [0.29, 0.717) is 34.5 Å². The Morgan fingerprint density at radius 2 is 1.81 bits per heavy atom. The van der Waals surface area contributed by atoms with Crippen LogP contribution in [0.25, 0.3) is 16.6 Å². The maximum atomic E-state index is 13.1. The van der Waals surface area contributed by atoms with Gasteiger partial charge < -0.3 is 15.5 Å². The summed E-state index contributed by atoms with van der Waals surface area (Å²) in [5, 5.41) is 10.8. The van der Waals surface area contributed by atoms with Crippen LogP contribution in [0.5, 0.6) is 0 Å². The molecule has 5 rings (SSSR count). The molecule has 1 fully saturated rings. The topological polar surface area (TPSA) is 113 Å². The van der Waals surface area contributed by atoms with Crippen LogP contribution in [0.4, 0.5) is 11.6 Å². The molecule has 4 aromatic rings. The van der Waals surface area contributed by atoms with Crippen LogP contribution >= 0.6 is 0 Å². The molecule has 0 radical (unpaired) electrons. The number of piperazine rings is 1. The number of nitrogens with zero attached hydrogens (tertiary/aromatic N) is 7. The first-order chi connectivity index (χ1) is 15.4. The van der Waals surface area contributed by atoms with E-state index >= 15 is 0 Å². The second kappa shape index (κ2) is 7.79. The number of aryl methyl sites for hydroxylation is 2. The lowest BCUT2D eigenvalue weighted by Gasteiger charge is -2.37. The van der Waals surface area contributed by atoms with Crippen molar-refractivity contribution in [2.24, 2.45) is 0 Å². The minimum Gasteiger partial charge on any atom is -0.352 e. The zero-order chi connectivity index (χ0) is 22.4. The van der Waals surface area contributed by atoms with Gasteiger partial charge in [0.2, 0.25) is 0 Å². The summed E-state index contributed by atoms with van der Waals surface area (Å²) in [7, 11) is 0. The quantitative estimate of drug-likeness (QED) is 0.507. The molecule has 10 heteroatoms. The fourth-order valence-corrected chi connectivity index (χ4v) is 4.38. The number of anilines is 2. The molecule has 32 heavy (non-hydrogen) atoms. The standard InChI is InChI=1S/C22H25N9O/c1-12-9-30(10-13(2)26-12)21-20-19(23-5-6-24-20)16(8-25-21)22(32)28-18-7-17-15(4)27-14(3)11-31(17)29-18/h5-8,11-13,26H,9-10H2,1-4H3,(H,28,29,32)/t12-,13+. The summed E-state index contributed by atoms with van der Waals surface area (Å²) in [6.45, 7) is 9.73. The summed E-state index contributed by atoms with van der Waals surface area (Å²) in [4.78, 5) is 33.4. The largest absolute Gasteiger partial charge is 0.352 e. The molecule has 2 N–H and O–H groups in total. The summed E-state index contributed by atoms with van der Waals surface area (Å²) in [6, 6.07) is 2.46. The summed E-state index contributed by atoms with van der Waals surface area (Å²) in [6.07, 6.45) is 6.62. The van der Waals surface area contributed by atoms with Gasteiger partial charge in [-0.2, -0.15) is 0 Å². The molecule has 4 aromatic heterocycles. The number of hydrogen-bond acceptors (Lipinski definition) is 8. The second-order valence-electron chi connectivity index (χ2n) is 8.40. The molecule has 1 aliphatic heterocycles. The average molecular weight is 432 g/mol. The van der Waals surface area contributed by atoms with Gasteiger partial charge in [0.25, 0.3) is 5.91 Å². The SMILES string of the molecule is Cc1cn2nc(NC(=O)c3cnc(N4C[C@@H](C)N[C@@H](C)C4)c4nccnc34)cc2c(C)n1. The first kappa shape index (κ1) is 20.3. The van der Waals surface area contributed by atoms with E-state index in [4.69, 9.17) is 0 Å². The molecule has 0 bridgehead atoms. The molecule has 1 amide bonds. The van der Waals surface area contributed by atoms with Crippen molar-refractivity contribution in [1.82, 2.24) is 34.9 Å². The third-order valence-corrected chi connectivity index (χ3v) is 5.58. The normalized spacial score (nSPS) is 18.9. The Labute approximate surface area is 185 Å². The molecule has 5 heterocycles. The first-order valence-electron chi connectivity index (χ1n) is 10.6. The number of aromatic nitrogens is 6. The number of fused-ring (bicyclic) bond motifs is 2. The van der Waals surface area contributed by atoms with Crippen molar-refractivity contribution in [3.8, 4) is 0 Å². The van der Waals surface area contributed by atoms with E-state index in [9.17, 15) is 4.79 Å². The Bertz CT molecular complexity index is 1320. The molecule has 0 aromatic carbocycles. The van der Waals surface area contributed by atoms with Crippen LogP contribution in [-0.4, -0.2) is 60.6 Å². The number of nitrogens with one attached hydrogen (secondary N) is 2. The van der Waals surface area contributed by atoms with Gasteiger partial charge in [0.05, 0.1) is 28.7 Å². The minimum atomic E-state index is -0.331. The minimum absolute atomic E-state index is 0.326. The maximum Gasteiger partial charge on any atom is 0.260 e. The van der Waals surface area contributed by atoms with Gasteiger partial charge in [-0.05, 0) is 27.7 Å². The molecule has 0 aliphatic carbocycles. The van der Waals surface area contributed by atoms with Crippen molar-refractivity contribution in [1.29, 1.82) is 0 Å². The Morgan fingerprint density at radius 1 is 1.09 bits per heavy atom. The molecule has 10 nitrogen and oxygen atoms in total. The van der Waals surface area contributed by atoms with Crippen LogP contribution in [0.15, 0.2) is 30.9 Å². The van der Waals surface area contributed by atoms with Gasteiger partial charge in [0.1, 0.15) is 11.0 Å². The van der Waals surface area contributed by atoms with Crippen molar-refractivity contribution in [3.63, 3.8) is 0 Å². The Balaban J connectivity index is 1.49. The lowest BCUT2D eigenvalue weighted by atomic mass is 10.1. The monoisotopic (exact) mass is 431 g/mol. The Morgan fingerprint density at radius 3 is 2.56 bits per heavy atom. The van der Waals surface area contributed by atoms with E-state index in [1.807, 2.05) is 20.0 Å². The molecule has 1 aliphatic rings. The van der Waals surface area contributed by atoms with Crippen molar-refractivity contribution in [3.05, 3.63) is 47.8 Å². The molecule has 164 valence electrons. The van der Waals surface area contributed by atoms with E-state index in [-0.39, 0.29) is 5.91 Å². The van der Waals surface area contributed by atoms with Gasteiger partial charge in [-0.25, -0.2) is 14.5 Å². The van der Waals surface area contributed by atoms with Gasteiger partial charge in [-0.3, -0.25) is 14.8 Å². The Kier molecular flexibility index (Phi) is 4.93. The highest BCUT2D eigenvalue weighted by Crippen LogP contribution is 2.26. The van der Waals surface area contributed by atoms with Crippen molar-refractivity contribution in [2.45, 2.75) is 39.8 Å². The summed E-state index contributed by atoms with van der Waals surface area (Å²) >= 11 is 0. The van der Waals surface area contributed by atoms with Crippen LogP contribution in [0, 0.1) is 13.8 Å². The third kappa shape index (κ3) is 3.62. The lowest BCUT2D eigenvalue weighted by molar-refractivity contribution is 0.102. The van der Waals surface area contributed by atoms with Crippen molar-refractivity contribution in [2.75, 3.05) is 23.3 Å². The molecule has 0 spiro atoms. The predicted molar refractivity (Wildman–Crippen MR) is 122 cm³/mol. The number of pyridine rings is 1. The van der Waals surface area contributed by atoms with E-state index in [1.165, 1.54) is 0 Å². The fraction of sp³-hybridized carbons (Fsp3) is 0.364. The fourth-order valence-electron chi connectivity index (χ4n) is 4.38. The highest BCUT2D eigenvalue weighted by atomic mass is 16.1. The highest BCUT2D eigenvalue weighted by Gasteiger charge is 2.25. The third-order valence-electron chi connectivity index (χ3n) is 5.58. The molecule has 0 unspecified atom stereocenters.